The van der Waals surface area contributed by atoms with Crippen LogP contribution in [0.25, 0.3) is 0 Å². The van der Waals surface area contributed by atoms with Crippen LogP contribution in [0.1, 0.15) is 27.2 Å². The van der Waals surface area contributed by atoms with E-state index in [1.54, 1.807) is 0 Å². The molecular formula is C12H25N3S. The average Bonchev–Trinajstić information content (AvgIpc) is 2.26. The van der Waals surface area contributed by atoms with E-state index in [-0.39, 0.29) is 0 Å². The van der Waals surface area contributed by atoms with Gasteiger partial charge in [-0.25, -0.2) is 0 Å². The highest BCUT2D eigenvalue weighted by Crippen LogP contribution is 2.15. The van der Waals surface area contributed by atoms with Crippen LogP contribution in [0.2, 0.25) is 0 Å². The number of hydrogen-bond donors (Lipinski definition) is 1. The Morgan fingerprint density at radius 2 is 2.31 bits per heavy atom. The summed E-state index contributed by atoms with van der Waals surface area (Å²) in [4.78, 5) is 6.89. The van der Waals surface area contributed by atoms with Gasteiger partial charge in [0.2, 0.25) is 0 Å². The van der Waals surface area contributed by atoms with Crippen LogP contribution in [0.4, 0.5) is 0 Å². The zero-order valence-corrected chi connectivity index (χ0v) is 11.8. The number of nitrogens with zero attached hydrogens (tertiary/aromatic N) is 2. The second kappa shape index (κ2) is 7.17. The molecule has 4 heteroatoms. The number of aliphatic imine (C=N–C) groups is 1. The number of amidine groups is 1. The van der Waals surface area contributed by atoms with E-state index in [4.69, 9.17) is 0 Å². The van der Waals surface area contributed by atoms with Crippen molar-refractivity contribution < 1.29 is 0 Å². The molecule has 0 bridgehead atoms. The lowest BCUT2D eigenvalue weighted by Crippen LogP contribution is -2.31. The van der Waals surface area contributed by atoms with Crippen LogP contribution >= 0.6 is 11.8 Å². The Kier molecular flexibility index (Phi) is 6.21. The number of nitrogens with one attached hydrogen (secondary N) is 1. The van der Waals surface area contributed by atoms with Gasteiger partial charge in [-0.15, -0.1) is 0 Å². The van der Waals surface area contributed by atoms with E-state index in [0.717, 1.165) is 30.7 Å². The molecule has 0 saturated heterocycles. The van der Waals surface area contributed by atoms with E-state index in [2.05, 4.69) is 43.0 Å². The fourth-order valence-corrected chi connectivity index (χ4v) is 2.36. The maximum Gasteiger partial charge on any atom is 0.156 e. The quantitative estimate of drug-likeness (QED) is 0.749. The van der Waals surface area contributed by atoms with Crippen molar-refractivity contribution in [3.63, 3.8) is 0 Å². The molecule has 0 aromatic rings. The predicted octanol–water partition coefficient (Wildman–Crippen LogP) is 2.05. The Bertz CT molecular complexity index is 228. The maximum absolute atomic E-state index is 4.52. The van der Waals surface area contributed by atoms with Crippen LogP contribution in [0.15, 0.2) is 4.99 Å². The first kappa shape index (κ1) is 13.8. The molecule has 1 unspecified atom stereocenters. The molecule has 94 valence electrons. The third-order valence-electron chi connectivity index (χ3n) is 2.90. The molecule has 0 fully saturated rings. The summed E-state index contributed by atoms with van der Waals surface area (Å²) in [5, 5.41) is 4.57. The molecule has 0 aromatic heterocycles. The lowest BCUT2D eigenvalue weighted by molar-refractivity contribution is 0.271. The second-order valence-electron chi connectivity index (χ2n) is 4.92. The van der Waals surface area contributed by atoms with Crippen molar-refractivity contribution in [2.45, 2.75) is 33.2 Å². The smallest absolute Gasteiger partial charge is 0.156 e. The van der Waals surface area contributed by atoms with E-state index in [1.165, 1.54) is 12.2 Å². The summed E-state index contributed by atoms with van der Waals surface area (Å²) in [6.45, 7) is 9.90. The minimum Gasteiger partial charge on any atom is -0.365 e. The maximum atomic E-state index is 4.52. The van der Waals surface area contributed by atoms with E-state index < -0.39 is 0 Å². The van der Waals surface area contributed by atoms with Crippen molar-refractivity contribution in [1.82, 2.24) is 10.2 Å². The van der Waals surface area contributed by atoms with Gasteiger partial charge in [-0.1, -0.05) is 18.7 Å². The summed E-state index contributed by atoms with van der Waals surface area (Å²) in [6.07, 6.45) is 1.18. The predicted molar refractivity (Wildman–Crippen MR) is 74.3 cm³/mol. The minimum atomic E-state index is 0.641. The Hall–Kier alpha value is -0.220. The molecule has 0 saturated carbocycles. The number of thioether (sulfide) groups is 1. The van der Waals surface area contributed by atoms with Crippen LogP contribution in [0.5, 0.6) is 0 Å². The Labute approximate surface area is 104 Å². The van der Waals surface area contributed by atoms with Gasteiger partial charge in [0.25, 0.3) is 0 Å². The summed E-state index contributed by atoms with van der Waals surface area (Å²) in [6, 6.07) is 0.641. The molecule has 3 nitrogen and oxygen atoms in total. The lowest BCUT2D eigenvalue weighted by atomic mass is 10.2. The lowest BCUT2D eigenvalue weighted by Gasteiger charge is -2.22. The summed E-state index contributed by atoms with van der Waals surface area (Å²) in [5.41, 5.74) is 0. The fraction of sp³-hybridized carbons (Fsp3) is 0.917. The van der Waals surface area contributed by atoms with E-state index in [0.29, 0.717) is 6.04 Å². The molecule has 0 aliphatic carbocycles. The molecule has 0 spiro atoms. The first-order chi connectivity index (χ1) is 7.59. The van der Waals surface area contributed by atoms with Gasteiger partial charge in [-0.3, -0.25) is 4.99 Å². The average molecular weight is 243 g/mol. The van der Waals surface area contributed by atoms with Crippen molar-refractivity contribution >= 4 is 16.9 Å². The largest absolute Gasteiger partial charge is 0.365 e. The van der Waals surface area contributed by atoms with Gasteiger partial charge in [0, 0.05) is 24.9 Å². The molecule has 1 aliphatic heterocycles. The zero-order chi connectivity index (χ0) is 12.0. The number of hydrogen-bond acceptors (Lipinski definition) is 4. The molecule has 0 aromatic carbocycles. The minimum absolute atomic E-state index is 0.641. The standard InChI is InChI=1S/C12H25N3S/c1-10(2)15(4)7-5-6-13-12-14-8-11(3)9-16-12/h10-11H,5-9H2,1-4H3,(H,13,14). The molecule has 0 radical (unpaired) electrons. The van der Waals surface area contributed by atoms with Crippen molar-refractivity contribution in [2.75, 3.05) is 32.4 Å². The first-order valence-corrected chi connectivity index (χ1v) is 7.19. The number of rotatable bonds is 5. The Morgan fingerprint density at radius 3 is 2.88 bits per heavy atom. The topological polar surface area (TPSA) is 27.6 Å². The van der Waals surface area contributed by atoms with Crippen LogP contribution in [-0.2, 0) is 0 Å². The van der Waals surface area contributed by atoms with Crippen LogP contribution in [0.3, 0.4) is 0 Å². The molecule has 1 heterocycles. The van der Waals surface area contributed by atoms with E-state index >= 15 is 0 Å². The van der Waals surface area contributed by atoms with Crippen LogP contribution in [0, 0.1) is 5.92 Å². The van der Waals surface area contributed by atoms with Gasteiger partial charge in [0.05, 0.1) is 0 Å². The van der Waals surface area contributed by atoms with Crippen molar-refractivity contribution in [3.05, 3.63) is 0 Å². The van der Waals surface area contributed by atoms with Crippen molar-refractivity contribution in [1.29, 1.82) is 0 Å². The van der Waals surface area contributed by atoms with Gasteiger partial charge in [-0.05, 0) is 39.8 Å². The SMILES string of the molecule is CC1CN=C(NCCCN(C)C(C)C)SC1. The summed E-state index contributed by atoms with van der Waals surface area (Å²) < 4.78 is 0. The molecule has 1 N–H and O–H groups in total. The third kappa shape index (κ3) is 5.21. The normalized spacial score (nSPS) is 21.4. The van der Waals surface area contributed by atoms with Gasteiger partial charge in [0.15, 0.2) is 5.17 Å². The van der Waals surface area contributed by atoms with Crippen molar-refractivity contribution in [3.8, 4) is 0 Å². The molecule has 16 heavy (non-hydrogen) atoms. The van der Waals surface area contributed by atoms with Crippen LogP contribution < -0.4 is 5.32 Å². The summed E-state index contributed by atoms with van der Waals surface area (Å²) >= 11 is 1.86. The third-order valence-corrected chi connectivity index (χ3v) is 4.18. The van der Waals surface area contributed by atoms with Gasteiger partial charge in [0.1, 0.15) is 0 Å². The monoisotopic (exact) mass is 243 g/mol. The molecule has 1 aliphatic rings. The molecular weight excluding hydrogens is 218 g/mol. The summed E-state index contributed by atoms with van der Waals surface area (Å²) in [5.74, 6) is 1.94. The van der Waals surface area contributed by atoms with Gasteiger partial charge < -0.3 is 10.2 Å². The molecule has 0 amide bonds. The Balaban J connectivity index is 2.07. The summed E-state index contributed by atoms with van der Waals surface area (Å²) in [7, 11) is 2.18. The van der Waals surface area contributed by atoms with Gasteiger partial charge in [-0.2, -0.15) is 0 Å². The Morgan fingerprint density at radius 1 is 1.56 bits per heavy atom. The molecule has 1 atom stereocenters. The van der Waals surface area contributed by atoms with Gasteiger partial charge >= 0.3 is 0 Å². The van der Waals surface area contributed by atoms with E-state index in [1.807, 2.05) is 11.8 Å². The zero-order valence-electron chi connectivity index (χ0n) is 11.0. The highest BCUT2D eigenvalue weighted by molar-refractivity contribution is 8.13. The highest BCUT2D eigenvalue weighted by Gasteiger charge is 2.11. The highest BCUT2D eigenvalue weighted by atomic mass is 32.2. The molecule has 1 rings (SSSR count). The van der Waals surface area contributed by atoms with Crippen LogP contribution in [-0.4, -0.2) is 48.5 Å². The fourth-order valence-electron chi connectivity index (χ4n) is 1.45. The first-order valence-electron chi connectivity index (χ1n) is 6.21. The second-order valence-corrected chi connectivity index (χ2v) is 5.93. The van der Waals surface area contributed by atoms with E-state index in [9.17, 15) is 0 Å². The van der Waals surface area contributed by atoms with Crippen molar-refractivity contribution in [2.24, 2.45) is 10.9 Å².